The van der Waals surface area contributed by atoms with Gasteiger partial charge in [0.15, 0.2) is 0 Å². The number of hydrogen-bond donors (Lipinski definition) is 2. The zero-order valence-electron chi connectivity index (χ0n) is 9.25. The third-order valence-electron chi connectivity index (χ3n) is 1.93. The smallest absolute Gasteiger partial charge is 0.246 e. The Morgan fingerprint density at radius 2 is 2.14 bits per heavy atom. The lowest BCUT2D eigenvalue weighted by molar-refractivity contribution is -0.127. The molecular weight excluding hydrogens is 182 g/mol. The lowest BCUT2D eigenvalue weighted by Crippen LogP contribution is -2.42. The molecule has 4 nitrogen and oxygen atoms in total. The van der Waals surface area contributed by atoms with Crippen LogP contribution < -0.4 is 5.32 Å². The van der Waals surface area contributed by atoms with E-state index in [2.05, 4.69) is 5.32 Å². The SMILES string of the molecule is CCCOCC(=O)NC(CO)C(C)C. The summed E-state index contributed by atoms with van der Waals surface area (Å²) in [5.41, 5.74) is 0. The van der Waals surface area contributed by atoms with Crippen LogP contribution in [-0.4, -0.2) is 36.9 Å². The second-order valence-electron chi connectivity index (χ2n) is 3.65. The van der Waals surface area contributed by atoms with Gasteiger partial charge < -0.3 is 15.2 Å². The minimum Gasteiger partial charge on any atom is -0.394 e. The number of carbonyl (C=O) groups excluding carboxylic acids is 1. The van der Waals surface area contributed by atoms with Crippen molar-refractivity contribution in [2.24, 2.45) is 5.92 Å². The first kappa shape index (κ1) is 13.4. The molecule has 1 unspecified atom stereocenters. The number of aliphatic hydroxyl groups excluding tert-OH is 1. The van der Waals surface area contributed by atoms with Crippen LogP contribution in [0.5, 0.6) is 0 Å². The van der Waals surface area contributed by atoms with Crippen LogP contribution >= 0.6 is 0 Å². The first-order valence-electron chi connectivity index (χ1n) is 5.09. The highest BCUT2D eigenvalue weighted by Gasteiger charge is 2.14. The Balaban J connectivity index is 3.68. The summed E-state index contributed by atoms with van der Waals surface area (Å²) in [5.74, 6) is 0.0707. The van der Waals surface area contributed by atoms with Gasteiger partial charge in [0.05, 0.1) is 12.6 Å². The van der Waals surface area contributed by atoms with Crippen molar-refractivity contribution >= 4 is 5.91 Å². The molecule has 0 radical (unpaired) electrons. The van der Waals surface area contributed by atoms with Gasteiger partial charge in [-0.25, -0.2) is 0 Å². The van der Waals surface area contributed by atoms with Crippen LogP contribution in [-0.2, 0) is 9.53 Å². The second kappa shape index (κ2) is 7.76. The van der Waals surface area contributed by atoms with Crippen molar-refractivity contribution in [2.75, 3.05) is 19.8 Å². The molecule has 0 spiro atoms. The molecule has 0 fully saturated rings. The highest BCUT2D eigenvalue weighted by atomic mass is 16.5. The van der Waals surface area contributed by atoms with Gasteiger partial charge in [0, 0.05) is 6.61 Å². The van der Waals surface area contributed by atoms with Gasteiger partial charge in [0.1, 0.15) is 6.61 Å². The summed E-state index contributed by atoms with van der Waals surface area (Å²) in [4.78, 5) is 11.2. The zero-order valence-corrected chi connectivity index (χ0v) is 9.25. The van der Waals surface area contributed by atoms with E-state index in [0.717, 1.165) is 6.42 Å². The summed E-state index contributed by atoms with van der Waals surface area (Å²) in [6.45, 7) is 6.54. The maximum absolute atomic E-state index is 11.2. The summed E-state index contributed by atoms with van der Waals surface area (Å²) >= 11 is 0. The third kappa shape index (κ3) is 5.94. The van der Waals surface area contributed by atoms with E-state index in [0.29, 0.717) is 6.61 Å². The van der Waals surface area contributed by atoms with Gasteiger partial charge >= 0.3 is 0 Å². The molecule has 1 amide bonds. The fourth-order valence-corrected chi connectivity index (χ4v) is 0.981. The molecule has 0 rings (SSSR count). The van der Waals surface area contributed by atoms with E-state index in [-0.39, 0.29) is 31.1 Å². The Morgan fingerprint density at radius 3 is 2.57 bits per heavy atom. The van der Waals surface area contributed by atoms with Crippen molar-refractivity contribution in [1.82, 2.24) is 5.32 Å². The first-order valence-corrected chi connectivity index (χ1v) is 5.09. The number of rotatable bonds is 7. The minimum atomic E-state index is -0.173. The van der Waals surface area contributed by atoms with Crippen molar-refractivity contribution in [3.63, 3.8) is 0 Å². The topological polar surface area (TPSA) is 58.6 Å². The summed E-state index contributed by atoms with van der Waals surface area (Å²) in [5, 5.41) is 11.7. The number of amides is 1. The predicted molar refractivity (Wildman–Crippen MR) is 55.0 cm³/mol. The molecule has 2 N–H and O–H groups in total. The highest BCUT2D eigenvalue weighted by Crippen LogP contribution is 1.99. The summed E-state index contributed by atoms with van der Waals surface area (Å²) in [6, 6.07) is -0.173. The molecule has 4 heteroatoms. The van der Waals surface area contributed by atoms with Gasteiger partial charge in [-0.1, -0.05) is 20.8 Å². The number of aliphatic hydroxyl groups is 1. The Morgan fingerprint density at radius 1 is 1.50 bits per heavy atom. The summed E-state index contributed by atoms with van der Waals surface area (Å²) in [7, 11) is 0. The van der Waals surface area contributed by atoms with Crippen molar-refractivity contribution in [1.29, 1.82) is 0 Å². The molecule has 0 aliphatic rings. The molecule has 0 heterocycles. The maximum atomic E-state index is 11.2. The second-order valence-corrected chi connectivity index (χ2v) is 3.65. The van der Waals surface area contributed by atoms with Crippen LogP contribution in [0.4, 0.5) is 0 Å². The van der Waals surface area contributed by atoms with E-state index in [1.54, 1.807) is 0 Å². The fourth-order valence-electron chi connectivity index (χ4n) is 0.981. The van der Waals surface area contributed by atoms with E-state index in [4.69, 9.17) is 9.84 Å². The van der Waals surface area contributed by atoms with Crippen LogP contribution in [0.3, 0.4) is 0 Å². The average Bonchev–Trinajstić information content (AvgIpc) is 2.14. The van der Waals surface area contributed by atoms with Gasteiger partial charge in [-0.2, -0.15) is 0 Å². The zero-order chi connectivity index (χ0) is 11.0. The number of ether oxygens (including phenoxy) is 1. The number of hydrogen-bond acceptors (Lipinski definition) is 3. The molecule has 0 aromatic heterocycles. The van der Waals surface area contributed by atoms with E-state index in [1.807, 2.05) is 20.8 Å². The molecule has 0 aromatic rings. The largest absolute Gasteiger partial charge is 0.394 e. The van der Waals surface area contributed by atoms with E-state index in [9.17, 15) is 4.79 Å². The molecule has 0 aliphatic heterocycles. The van der Waals surface area contributed by atoms with Crippen LogP contribution in [0, 0.1) is 5.92 Å². The molecule has 84 valence electrons. The molecule has 0 bridgehead atoms. The molecule has 0 aliphatic carbocycles. The monoisotopic (exact) mass is 203 g/mol. The van der Waals surface area contributed by atoms with Crippen LogP contribution in [0.15, 0.2) is 0 Å². The fraction of sp³-hybridized carbons (Fsp3) is 0.900. The maximum Gasteiger partial charge on any atom is 0.246 e. The first-order chi connectivity index (χ1) is 6.61. The molecular formula is C10H21NO3. The highest BCUT2D eigenvalue weighted by molar-refractivity contribution is 5.77. The third-order valence-corrected chi connectivity index (χ3v) is 1.93. The van der Waals surface area contributed by atoms with Gasteiger partial charge in [-0.15, -0.1) is 0 Å². The van der Waals surface area contributed by atoms with Gasteiger partial charge in [-0.3, -0.25) is 4.79 Å². The van der Waals surface area contributed by atoms with E-state index >= 15 is 0 Å². The molecule has 0 aromatic carbocycles. The lowest BCUT2D eigenvalue weighted by atomic mass is 10.1. The van der Waals surface area contributed by atoms with E-state index in [1.165, 1.54) is 0 Å². The minimum absolute atomic E-state index is 0.0306. The predicted octanol–water partition coefficient (Wildman–Crippen LogP) is 0.546. The molecule has 0 saturated carbocycles. The quantitative estimate of drug-likeness (QED) is 0.594. The Kier molecular flexibility index (Phi) is 7.42. The Hall–Kier alpha value is -0.610. The normalized spacial score (nSPS) is 12.9. The van der Waals surface area contributed by atoms with Crippen molar-refractivity contribution in [3.05, 3.63) is 0 Å². The summed E-state index contributed by atoms with van der Waals surface area (Å²) in [6.07, 6.45) is 0.904. The number of carbonyl (C=O) groups is 1. The average molecular weight is 203 g/mol. The Labute approximate surface area is 85.6 Å². The van der Waals surface area contributed by atoms with E-state index < -0.39 is 0 Å². The molecule has 0 saturated heterocycles. The standard InChI is InChI=1S/C10H21NO3/c1-4-5-14-7-10(13)11-9(6-12)8(2)3/h8-9,12H,4-7H2,1-3H3,(H,11,13). The summed E-state index contributed by atoms with van der Waals surface area (Å²) < 4.78 is 5.08. The molecule has 14 heavy (non-hydrogen) atoms. The lowest BCUT2D eigenvalue weighted by Gasteiger charge is -2.19. The van der Waals surface area contributed by atoms with Crippen LogP contribution in [0.25, 0.3) is 0 Å². The Bertz CT molecular complexity index is 159. The van der Waals surface area contributed by atoms with Crippen molar-refractivity contribution < 1.29 is 14.6 Å². The van der Waals surface area contributed by atoms with Crippen LogP contribution in [0.1, 0.15) is 27.2 Å². The number of nitrogens with one attached hydrogen (secondary N) is 1. The van der Waals surface area contributed by atoms with Crippen LogP contribution in [0.2, 0.25) is 0 Å². The molecule has 1 atom stereocenters. The van der Waals surface area contributed by atoms with Gasteiger partial charge in [-0.05, 0) is 12.3 Å². The van der Waals surface area contributed by atoms with Gasteiger partial charge in [0.2, 0.25) is 5.91 Å². The van der Waals surface area contributed by atoms with Crippen molar-refractivity contribution in [2.45, 2.75) is 33.2 Å². The van der Waals surface area contributed by atoms with Crippen molar-refractivity contribution in [3.8, 4) is 0 Å². The van der Waals surface area contributed by atoms with Gasteiger partial charge in [0.25, 0.3) is 0 Å².